The maximum Gasteiger partial charge on any atom is 0.279 e. The van der Waals surface area contributed by atoms with E-state index in [1.165, 1.54) is 18.6 Å². The largest absolute Gasteiger partial charge is 0.332 e. The molecule has 90 valence electrons. The van der Waals surface area contributed by atoms with Gasteiger partial charge in [-0.15, -0.1) is 0 Å². The average Bonchev–Trinajstić information content (AvgIpc) is 2.69. The van der Waals surface area contributed by atoms with E-state index in [4.69, 9.17) is 0 Å². The molecule has 0 atom stereocenters. The summed E-state index contributed by atoms with van der Waals surface area (Å²) in [4.78, 5) is 10.4. The van der Waals surface area contributed by atoms with E-state index in [2.05, 4.69) is 35.6 Å². The van der Waals surface area contributed by atoms with Crippen molar-refractivity contribution in [1.29, 1.82) is 0 Å². The standard InChI is InChI=1S/C9H9BrN4O2S/c1-6-12-5-9(13-6)17(15,16)14-8-2-3-11-4-7(8)10/h2-5H,1H3,(H,11,14)(H,12,13). The molecule has 0 aliphatic rings. The summed E-state index contributed by atoms with van der Waals surface area (Å²) in [5.74, 6) is 0.541. The predicted molar refractivity (Wildman–Crippen MR) is 66.1 cm³/mol. The molecular formula is C9H9BrN4O2S. The molecule has 2 rings (SSSR count). The number of sulfonamides is 1. The summed E-state index contributed by atoms with van der Waals surface area (Å²) >= 11 is 3.21. The summed E-state index contributed by atoms with van der Waals surface area (Å²) in [6.07, 6.45) is 4.28. The van der Waals surface area contributed by atoms with Crippen molar-refractivity contribution in [2.75, 3.05) is 4.72 Å². The number of hydrogen-bond donors (Lipinski definition) is 2. The second-order valence-electron chi connectivity index (χ2n) is 3.29. The van der Waals surface area contributed by atoms with Crippen LogP contribution in [-0.4, -0.2) is 23.4 Å². The van der Waals surface area contributed by atoms with Crippen molar-refractivity contribution in [1.82, 2.24) is 15.0 Å². The number of anilines is 1. The molecule has 0 aliphatic carbocycles. The zero-order chi connectivity index (χ0) is 12.5. The van der Waals surface area contributed by atoms with Gasteiger partial charge in [-0.2, -0.15) is 8.42 Å². The molecule has 0 saturated carbocycles. The molecule has 17 heavy (non-hydrogen) atoms. The Hall–Kier alpha value is -1.41. The highest BCUT2D eigenvalue weighted by Crippen LogP contribution is 2.22. The zero-order valence-electron chi connectivity index (χ0n) is 8.81. The molecular weight excluding hydrogens is 308 g/mol. The average molecular weight is 317 g/mol. The van der Waals surface area contributed by atoms with Crippen molar-refractivity contribution in [3.63, 3.8) is 0 Å². The minimum Gasteiger partial charge on any atom is -0.332 e. The third-order valence-electron chi connectivity index (χ3n) is 1.99. The van der Waals surface area contributed by atoms with E-state index in [0.717, 1.165) is 0 Å². The van der Waals surface area contributed by atoms with E-state index >= 15 is 0 Å². The van der Waals surface area contributed by atoms with Crippen LogP contribution >= 0.6 is 15.9 Å². The summed E-state index contributed by atoms with van der Waals surface area (Å²) in [6.45, 7) is 1.68. The molecule has 0 spiro atoms. The smallest absolute Gasteiger partial charge is 0.279 e. The van der Waals surface area contributed by atoms with Gasteiger partial charge in [-0.3, -0.25) is 9.71 Å². The first-order valence-electron chi connectivity index (χ1n) is 4.63. The molecule has 8 heteroatoms. The molecule has 0 bridgehead atoms. The van der Waals surface area contributed by atoms with Gasteiger partial charge < -0.3 is 4.98 Å². The van der Waals surface area contributed by atoms with Gasteiger partial charge in [-0.25, -0.2) is 4.98 Å². The second kappa shape index (κ2) is 4.46. The third kappa shape index (κ3) is 2.64. The normalized spacial score (nSPS) is 11.4. The Bertz CT molecular complexity index is 638. The first-order valence-corrected chi connectivity index (χ1v) is 6.90. The van der Waals surface area contributed by atoms with Crippen LogP contribution in [0.3, 0.4) is 0 Å². The van der Waals surface area contributed by atoms with Crippen LogP contribution in [0.5, 0.6) is 0 Å². The number of nitrogens with one attached hydrogen (secondary N) is 2. The number of hydrogen-bond acceptors (Lipinski definition) is 4. The van der Waals surface area contributed by atoms with Crippen molar-refractivity contribution in [2.45, 2.75) is 11.9 Å². The zero-order valence-corrected chi connectivity index (χ0v) is 11.2. The molecule has 2 heterocycles. The molecule has 0 unspecified atom stereocenters. The number of halogens is 1. The van der Waals surface area contributed by atoms with E-state index in [1.807, 2.05) is 0 Å². The maximum atomic E-state index is 11.9. The first-order chi connectivity index (χ1) is 7.99. The molecule has 0 saturated heterocycles. The van der Waals surface area contributed by atoms with Crippen LogP contribution in [-0.2, 0) is 10.0 Å². The lowest BCUT2D eigenvalue weighted by molar-refractivity contribution is 0.598. The van der Waals surface area contributed by atoms with Crippen LogP contribution in [0.25, 0.3) is 0 Å². The Morgan fingerprint density at radius 1 is 1.41 bits per heavy atom. The Balaban J connectivity index is 2.33. The van der Waals surface area contributed by atoms with Gasteiger partial charge in [0.1, 0.15) is 5.82 Å². The van der Waals surface area contributed by atoms with E-state index in [0.29, 0.717) is 16.0 Å². The van der Waals surface area contributed by atoms with Gasteiger partial charge in [-0.1, -0.05) is 0 Å². The summed E-state index contributed by atoms with van der Waals surface area (Å²) in [7, 11) is -3.64. The van der Waals surface area contributed by atoms with E-state index < -0.39 is 10.0 Å². The summed E-state index contributed by atoms with van der Waals surface area (Å²) in [5.41, 5.74) is 0.423. The summed E-state index contributed by atoms with van der Waals surface area (Å²) in [5, 5.41) is 0.0266. The van der Waals surface area contributed by atoms with Gasteiger partial charge in [0.2, 0.25) is 0 Å². The highest BCUT2D eigenvalue weighted by Gasteiger charge is 2.17. The van der Waals surface area contributed by atoms with Crippen molar-refractivity contribution in [3.8, 4) is 0 Å². The Morgan fingerprint density at radius 2 is 2.18 bits per heavy atom. The third-order valence-corrected chi connectivity index (χ3v) is 3.89. The monoisotopic (exact) mass is 316 g/mol. The van der Waals surface area contributed by atoms with E-state index in [9.17, 15) is 8.42 Å². The van der Waals surface area contributed by atoms with Crippen molar-refractivity contribution < 1.29 is 8.42 Å². The Morgan fingerprint density at radius 3 is 2.76 bits per heavy atom. The highest BCUT2D eigenvalue weighted by atomic mass is 79.9. The lowest BCUT2D eigenvalue weighted by atomic mass is 10.4. The highest BCUT2D eigenvalue weighted by molar-refractivity contribution is 9.10. The van der Waals surface area contributed by atoms with E-state index in [-0.39, 0.29) is 5.03 Å². The molecule has 2 aromatic rings. The molecule has 2 aromatic heterocycles. The van der Waals surface area contributed by atoms with Crippen LogP contribution in [0.4, 0.5) is 5.69 Å². The molecule has 6 nitrogen and oxygen atoms in total. The summed E-state index contributed by atoms with van der Waals surface area (Å²) < 4.78 is 26.9. The van der Waals surface area contributed by atoms with Crippen LogP contribution in [0.2, 0.25) is 0 Å². The first kappa shape index (κ1) is 12.1. The number of pyridine rings is 1. The quantitative estimate of drug-likeness (QED) is 0.901. The van der Waals surface area contributed by atoms with Gasteiger partial charge in [0, 0.05) is 12.4 Å². The number of rotatable bonds is 3. The van der Waals surface area contributed by atoms with Crippen molar-refractivity contribution in [2.24, 2.45) is 0 Å². The van der Waals surface area contributed by atoms with Gasteiger partial charge >= 0.3 is 0 Å². The lowest BCUT2D eigenvalue weighted by Gasteiger charge is -2.07. The molecule has 0 aromatic carbocycles. The second-order valence-corrected chi connectivity index (χ2v) is 5.80. The van der Waals surface area contributed by atoms with Gasteiger partial charge in [-0.05, 0) is 28.9 Å². The van der Waals surface area contributed by atoms with Gasteiger partial charge in [0.25, 0.3) is 10.0 Å². The molecule has 0 amide bonds. The molecule has 0 radical (unpaired) electrons. The SMILES string of the molecule is Cc1ncc(S(=O)(=O)Nc2ccncc2Br)[nH]1. The number of imidazole rings is 1. The van der Waals surface area contributed by atoms with Gasteiger partial charge in [0.15, 0.2) is 5.03 Å². The number of aryl methyl sites for hydroxylation is 1. The predicted octanol–water partition coefficient (Wildman–Crippen LogP) is 1.68. The molecule has 0 fully saturated rings. The Labute approximate surface area is 107 Å². The van der Waals surface area contributed by atoms with Crippen molar-refractivity contribution >= 4 is 31.6 Å². The number of H-pyrrole nitrogens is 1. The number of aromatic nitrogens is 3. The van der Waals surface area contributed by atoms with Crippen LogP contribution < -0.4 is 4.72 Å². The number of nitrogens with zero attached hydrogens (tertiary/aromatic N) is 2. The summed E-state index contributed by atoms with van der Waals surface area (Å²) in [6, 6.07) is 1.56. The fraction of sp³-hybridized carbons (Fsp3) is 0.111. The van der Waals surface area contributed by atoms with Crippen LogP contribution in [0.15, 0.2) is 34.2 Å². The van der Waals surface area contributed by atoms with Gasteiger partial charge in [0.05, 0.1) is 16.4 Å². The Kier molecular flexibility index (Phi) is 3.16. The van der Waals surface area contributed by atoms with Crippen LogP contribution in [0.1, 0.15) is 5.82 Å². The van der Waals surface area contributed by atoms with Crippen LogP contribution in [0, 0.1) is 6.92 Å². The fourth-order valence-electron chi connectivity index (χ4n) is 1.19. The minimum atomic E-state index is -3.64. The molecule has 0 aliphatic heterocycles. The molecule has 2 N–H and O–H groups in total. The fourth-order valence-corrected chi connectivity index (χ4v) is 2.72. The van der Waals surface area contributed by atoms with E-state index in [1.54, 1.807) is 13.0 Å². The minimum absolute atomic E-state index is 0.0266. The number of aromatic amines is 1. The topological polar surface area (TPSA) is 87.7 Å². The maximum absolute atomic E-state index is 11.9. The van der Waals surface area contributed by atoms with Crippen molar-refractivity contribution in [3.05, 3.63) is 35.0 Å². The lowest BCUT2D eigenvalue weighted by Crippen LogP contribution is -2.13.